The van der Waals surface area contributed by atoms with Crippen LogP contribution in [0.25, 0.3) is 0 Å². The molecule has 0 amide bonds. The van der Waals surface area contributed by atoms with Gasteiger partial charge in [0.15, 0.2) is 0 Å². The number of nitrogens with zero attached hydrogens (tertiary/aromatic N) is 1. The van der Waals surface area contributed by atoms with Crippen molar-refractivity contribution < 1.29 is 0 Å². The van der Waals surface area contributed by atoms with E-state index in [9.17, 15) is 4.79 Å². The van der Waals surface area contributed by atoms with Crippen molar-refractivity contribution in [1.82, 2.24) is 9.97 Å². The van der Waals surface area contributed by atoms with Gasteiger partial charge >= 0.3 is 0 Å². The summed E-state index contributed by atoms with van der Waals surface area (Å²) < 4.78 is 0.706. The summed E-state index contributed by atoms with van der Waals surface area (Å²) in [6.45, 7) is 10.6. The zero-order valence-corrected chi connectivity index (χ0v) is 14.6. The maximum Gasteiger partial charge on any atom is 0.264 e. The highest BCUT2D eigenvalue weighted by Gasteiger charge is 2.21. The number of hydrogen-bond acceptors (Lipinski definition) is 3. The van der Waals surface area contributed by atoms with Crippen LogP contribution in [0.1, 0.15) is 52.6 Å². The molecular formula is C13H21IN2OS. The SMILES string of the molecule is CCC(C)SCc1nc(C(C)(C)C)c(I)c(=O)[nH]1. The lowest BCUT2D eigenvalue weighted by Crippen LogP contribution is -2.25. The van der Waals surface area contributed by atoms with Gasteiger partial charge in [0.25, 0.3) is 5.56 Å². The molecule has 0 aromatic carbocycles. The first-order valence-corrected chi connectivity index (χ1v) is 8.29. The number of thioether (sulfide) groups is 1. The van der Waals surface area contributed by atoms with E-state index in [2.05, 4.69) is 67.2 Å². The first kappa shape index (κ1) is 16.0. The monoisotopic (exact) mass is 380 g/mol. The van der Waals surface area contributed by atoms with Crippen LogP contribution in [0.4, 0.5) is 0 Å². The molecule has 1 atom stereocenters. The topological polar surface area (TPSA) is 45.8 Å². The van der Waals surface area contributed by atoms with Crippen LogP contribution in [0.15, 0.2) is 4.79 Å². The van der Waals surface area contributed by atoms with E-state index in [1.807, 2.05) is 11.8 Å². The highest BCUT2D eigenvalue weighted by molar-refractivity contribution is 14.1. The molecule has 1 rings (SSSR count). The third-order valence-corrected chi connectivity index (χ3v) is 5.04. The average molecular weight is 380 g/mol. The summed E-state index contributed by atoms with van der Waals surface area (Å²) in [5.74, 6) is 1.56. The van der Waals surface area contributed by atoms with Crippen LogP contribution in [0.5, 0.6) is 0 Å². The number of nitrogens with one attached hydrogen (secondary N) is 1. The minimum Gasteiger partial charge on any atom is -0.309 e. The van der Waals surface area contributed by atoms with Crippen molar-refractivity contribution in [2.45, 2.75) is 57.5 Å². The van der Waals surface area contributed by atoms with E-state index in [-0.39, 0.29) is 11.0 Å². The molecule has 0 aliphatic rings. The molecule has 0 spiro atoms. The second kappa shape index (κ2) is 6.41. The van der Waals surface area contributed by atoms with Crippen LogP contribution in [-0.4, -0.2) is 15.2 Å². The Bertz CT molecular complexity index is 465. The Balaban J connectivity index is 3.02. The van der Waals surface area contributed by atoms with Crippen molar-refractivity contribution >= 4 is 34.4 Å². The summed E-state index contributed by atoms with van der Waals surface area (Å²) in [5.41, 5.74) is 0.780. The summed E-state index contributed by atoms with van der Waals surface area (Å²) in [7, 11) is 0. The molecule has 0 saturated heterocycles. The third-order valence-electron chi connectivity index (χ3n) is 2.70. The molecule has 1 unspecified atom stereocenters. The Morgan fingerprint density at radius 1 is 1.44 bits per heavy atom. The normalized spacial score (nSPS) is 13.7. The first-order chi connectivity index (χ1) is 8.25. The van der Waals surface area contributed by atoms with E-state index in [0.29, 0.717) is 8.82 Å². The number of aromatic amines is 1. The number of rotatable bonds is 4. The van der Waals surface area contributed by atoms with Gasteiger partial charge in [0.2, 0.25) is 0 Å². The fraction of sp³-hybridized carbons (Fsp3) is 0.692. The Morgan fingerprint density at radius 2 is 2.06 bits per heavy atom. The average Bonchev–Trinajstić information content (AvgIpc) is 2.28. The van der Waals surface area contributed by atoms with Gasteiger partial charge in [-0.3, -0.25) is 4.79 Å². The van der Waals surface area contributed by atoms with Gasteiger partial charge in [-0.15, -0.1) is 0 Å². The lowest BCUT2D eigenvalue weighted by molar-refractivity contribution is 0.557. The quantitative estimate of drug-likeness (QED) is 0.811. The number of halogens is 1. The van der Waals surface area contributed by atoms with Crippen molar-refractivity contribution in [3.05, 3.63) is 25.4 Å². The molecule has 0 aliphatic heterocycles. The second-order valence-electron chi connectivity index (χ2n) is 5.46. The van der Waals surface area contributed by atoms with Gasteiger partial charge in [0.1, 0.15) is 9.39 Å². The summed E-state index contributed by atoms with van der Waals surface area (Å²) >= 11 is 3.91. The fourth-order valence-corrected chi connectivity index (χ4v) is 3.29. The number of hydrogen-bond donors (Lipinski definition) is 1. The standard InChI is InChI=1S/C13H21IN2OS/c1-6-8(2)18-7-9-15-11(13(3,4)5)10(14)12(17)16-9/h8H,6-7H2,1-5H3,(H,15,16,17). The lowest BCUT2D eigenvalue weighted by atomic mass is 9.92. The molecule has 1 aromatic heterocycles. The summed E-state index contributed by atoms with van der Waals surface area (Å²) in [6, 6.07) is 0. The zero-order valence-electron chi connectivity index (χ0n) is 11.6. The number of aromatic nitrogens is 2. The highest BCUT2D eigenvalue weighted by Crippen LogP contribution is 2.24. The van der Waals surface area contributed by atoms with Gasteiger partial charge in [-0.25, -0.2) is 4.98 Å². The summed E-state index contributed by atoms with van der Waals surface area (Å²) in [4.78, 5) is 19.4. The van der Waals surface area contributed by atoms with Gasteiger partial charge in [-0.2, -0.15) is 11.8 Å². The molecule has 0 aliphatic carbocycles. The minimum atomic E-state index is -0.0967. The van der Waals surface area contributed by atoms with E-state index in [1.54, 1.807) is 0 Å². The molecule has 0 fully saturated rings. The van der Waals surface area contributed by atoms with Crippen LogP contribution in [0.2, 0.25) is 0 Å². The van der Waals surface area contributed by atoms with Crippen molar-refractivity contribution in [2.75, 3.05) is 0 Å². The van der Waals surface area contributed by atoms with E-state index >= 15 is 0 Å². The van der Waals surface area contributed by atoms with Crippen molar-refractivity contribution in [3.63, 3.8) is 0 Å². The molecule has 0 bridgehead atoms. The maximum atomic E-state index is 11.9. The van der Waals surface area contributed by atoms with E-state index in [1.165, 1.54) is 0 Å². The van der Waals surface area contributed by atoms with Crippen LogP contribution in [0, 0.1) is 3.57 Å². The largest absolute Gasteiger partial charge is 0.309 e. The van der Waals surface area contributed by atoms with Gasteiger partial charge in [-0.05, 0) is 29.0 Å². The van der Waals surface area contributed by atoms with Crippen LogP contribution < -0.4 is 5.56 Å². The Morgan fingerprint density at radius 3 is 2.56 bits per heavy atom. The molecule has 0 saturated carbocycles. The molecule has 18 heavy (non-hydrogen) atoms. The Hall–Kier alpha value is -0.0400. The molecular weight excluding hydrogens is 359 g/mol. The number of H-pyrrole nitrogens is 1. The first-order valence-electron chi connectivity index (χ1n) is 6.16. The smallest absolute Gasteiger partial charge is 0.264 e. The van der Waals surface area contributed by atoms with E-state index in [4.69, 9.17) is 0 Å². The third kappa shape index (κ3) is 4.26. The predicted molar refractivity (Wildman–Crippen MR) is 87.3 cm³/mol. The van der Waals surface area contributed by atoms with Gasteiger partial charge in [0.05, 0.1) is 11.4 Å². The van der Waals surface area contributed by atoms with Gasteiger partial charge in [-0.1, -0.05) is 34.6 Å². The molecule has 1 aromatic rings. The van der Waals surface area contributed by atoms with Gasteiger partial charge in [0, 0.05) is 10.7 Å². The van der Waals surface area contributed by atoms with Crippen LogP contribution in [0.3, 0.4) is 0 Å². The molecule has 0 radical (unpaired) electrons. The van der Waals surface area contributed by atoms with E-state index < -0.39 is 0 Å². The minimum absolute atomic E-state index is 0.0183. The van der Waals surface area contributed by atoms with Crippen LogP contribution in [-0.2, 0) is 11.2 Å². The van der Waals surface area contributed by atoms with Crippen molar-refractivity contribution in [3.8, 4) is 0 Å². The molecule has 1 heterocycles. The predicted octanol–water partition coefficient (Wildman–Crippen LogP) is 3.70. The van der Waals surface area contributed by atoms with E-state index in [0.717, 1.165) is 23.7 Å². The van der Waals surface area contributed by atoms with Crippen molar-refractivity contribution in [1.29, 1.82) is 0 Å². The lowest BCUT2D eigenvalue weighted by Gasteiger charge is -2.19. The molecule has 5 heteroatoms. The fourth-order valence-electron chi connectivity index (χ4n) is 1.41. The van der Waals surface area contributed by atoms with Gasteiger partial charge < -0.3 is 4.98 Å². The Kier molecular flexibility index (Phi) is 5.70. The second-order valence-corrected chi connectivity index (χ2v) is 7.96. The van der Waals surface area contributed by atoms with Crippen LogP contribution >= 0.6 is 34.4 Å². The molecule has 3 nitrogen and oxygen atoms in total. The maximum absolute atomic E-state index is 11.9. The summed E-state index contributed by atoms with van der Waals surface area (Å²) in [5, 5.41) is 0.590. The zero-order chi connectivity index (χ0) is 13.9. The highest BCUT2D eigenvalue weighted by atomic mass is 127. The summed E-state index contributed by atoms with van der Waals surface area (Å²) in [6.07, 6.45) is 1.13. The van der Waals surface area contributed by atoms with Crippen molar-refractivity contribution in [2.24, 2.45) is 0 Å². The molecule has 102 valence electrons. The molecule has 1 N–H and O–H groups in total. The Labute approximate surface area is 127 Å².